The maximum Gasteiger partial charge on any atom is 0.239 e. The van der Waals surface area contributed by atoms with E-state index in [9.17, 15) is 9.59 Å². The van der Waals surface area contributed by atoms with E-state index in [1.54, 1.807) is 56.3 Å². The van der Waals surface area contributed by atoms with Crippen LogP contribution in [0.4, 0.5) is 11.4 Å². The third-order valence-corrected chi connectivity index (χ3v) is 4.25. The average Bonchev–Trinajstić information content (AvgIpc) is 3.10. The van der Waals surface area contributed by atoms with Gasteiger partial charge in [-0.2, -0.15) is 0 Å². The molecule has 1 aliphatic rings. The number of carbonyl (C=O) groups is 2. The summed E-state index contributed by atoms with van der Waals surface area (Å²) in [6.07, 6.45) is 0.0687. The first-order chi connectivity index (χ1) is 13.3. The third-order valence-electron chi connectivity index (χ3n) is 4.25. The molecule has 0 saturated carbocycles. The van der Waals surface area contributed by atoms with Gasteiger partial charge in [-0.25, -0.2) is 0 Å². The average molecular weight is 384 g/mol. The maximum atomic E-state index is 12.7. The maximum absolute atomic E-state index is 12.7. The predicted octanol–water partition coefficient (Wildman–Crippen LogP) is 3.81. The first kappa shape index (κ1) is 19.5. The molecule has 1 heterocycles. The Kier molecular flexibility index (Phi) is 5.44. The number of carbonyl (C=O) groups excluding carboxylic acids is 2. The van der Waals surface area contributed by atoms with Crippen LogP contribution < -0.4 is 24.8 Å². The largest absolute Gasteiger partial charge is 0.491 e. The lowest BCUT2D eigenvalue weighted by atomic mass is 9.90. The van der Waals surface area contributed by atoms with Gasteiger partial charge < -0.3 is 24.8 Å². The molecule has 28 heavy (non-hydrogen) atoms. The van der Waals surface area contributed by atoms with Gasteiger partial charge in [-0.15, -0.1) is 0 Å². The van der Waals surface area contributed by atoms with Gasteiger partial charge in [0.05, 0.1) is 6.10 Å². The number of rotatable bonds is 6. The fraction of sp³-hybridized carbons (Fsp3) is 0.333. The first-order valence-electron chi connectivity index (χ1n) is 9.05. The number of amides is 2. The molecule has 2 aromatic rings. The smallest absolute Gasteiger partial charge is 0.239 e. The Balaban J connectivity index is 1.63. The molecule has 0 unspecified atom stereocenters. The SMILES string of the molecule is CC(C)Oc1ccc(NC(=O)C(C)(C)C(=O)Nc2ccc3c(c2)OCO3)cc1. The Morgan fingerprint density at radius 2 is 1.50 bits per heavy atom. The van der Waals surface area contributed by atoms with E-state index in [1.165, 1.54) is 0 Å². The van der Waals surface area contributed by atoms with Crippen molar-refractivity contribution in [3.05, 3.63) is 42.5 Å². The number of anilines is 2. The highest BCUT2D eigenvalue weighted by Crippen LogP contribution is 2.34. The molecular weight excluding hydrogens is 360 g/mol. The van der Waals surface area contributed by atoms with Crippen LogP contribution in [-0.4, -0.2) is 24.7 Å². The molecule has 0 fully saturated rings. The number of benzene rings is 2. The second-order valence-electron chi connectivity index (χ2n) is 7.29. The van der Waals surface area contributed by atoms with Gasteiger partial charge in [0.15, 0.2) is 11.5 Å². The second-order valence-corrected chi connectivity index (χ2v) is 7.29. The zero-order chi connectivity index (χ0) is 20.3. The summed E-state index contributed by atoms with van der Waals surface area (Å²) in [6.45, 7) is 7.18. The van der Waals surface area contributed by atoms with Crippen molar-refractivity contribution in [1.29, 1.82) is 0 Å². The molecule has 0 atom stereocenters. The minimum absolute atomic E-state index is 0.0687. The Labute approximate surface area is 164 Å². The van der Waals surface area contributed by atoms with E-state index in [1.807, 2.05) is 13.8 Å². The Morgan fingerprint density at radius 3 is 2.14 bits per heavy atom. The molecule has 0 spiro atoms. The van der Waals surface area contributed by atoms with Gasteiger partial charge in [0, 0.05) is 17.4 Å². The van der Waals surface area contributed by atoms with Crippen molar-refractivity contribution in [2.75, 3.05) is 17.4 Å². The predicted molar refractivity (Wildman–Crippen MR) is 106 cm³/mol. The van der Waals surface area contributed by atoms with Gasteiger partial charge in [0.25, 0.3) is 0 Å². The number of nitrogens with one attached hydrogen (secondary N) is 2. The molecule has 2 amide bonds. The van der Waals surface area contributed by atoms with E-state index >= 15 is 0 Å². The van der Waals surface area contributed by atoms with Crippen LogP contribution in [0.1, 0.15) is 27.7 Å². The van der Waals surface area contributed by atoms with Crippen LogP contribution in [0.2, 0.25) is 0 Å². The molecule has 0 radical (unpaired) electrons. The van der Waals surface area contributed by atoms with Gasteiger partial charge >= 0.3 is 0 Å². The topological polar surface area (TPSA) is 85.9 Å². The van der Waals surface area contributed by atoms with Crippen LogP contribution in [-0.2, 0) is 9.59 Å². The van der Waals surface area contributed by atoms with Crippen molar-refractivity contribution < 1.29 is 23.8 Å². The van der Waals surface area contributed by atoms with Crippen molar-refractivity contribution >= 4 is 23.2 Å². The Morgan fingerprint density at radius 1 is 0.929 bits per heavy atom. The minimum atomic E-state index is -1.29. The number of hydrogen-bond acceptors (Lipinski definition) is 5. The normalized spacial score (nSPS) is 12.6. The summed E-state index contributed by atoms with van der Waals surface area (Å²) in [5.41, 5.74) is -0.168. The zero-order valence-corrected chi connectivity index (χ0v) is 16.4. The van der Waals surface area contributed by atoms with Crippen molar-refractivity contribution in [3.8, 4) is 17.2 Å². The lowest BCUT2D eigenvalue weighted by Gasteiger charge is -2.23. The summed E-state index contributed by atoms with van der Waals surface area (Å²) in [5.74, 6) is 1.06. The van der Waals surface area contributed by atoms with Gasteiger partial charge in [0.1, 0.15) is 11.2 Å². The summed E-state index contributed by atoms with van der Waals surface area (Å²) in [5, 5.41) is 5.53. The standard InChI is InChI=1S/C21H24N2O5/c1-13(2)28-16-8-5-14(6-9-16)22-19(24)21(3,4)20(25)23-15-7-10-17-18(11-15)27-12-26-17/h5-11,13H,12H2,1-4H3,(H,22,24)(H,23,25). The lowest BCUT2D eigenvalue weighted by Crippen LogP contribution is -2.41. The van der Waals surface area contributed by atoms with E-state index < -0.39 is 17.2 Å². The molecule has 0 aliphatic carbocycles. The van der Waals surface area contributed by atoms with Gasteiger partial charge in [-0.3, -0.25) is 9.59 Å². The lowest BCUT2D eigenvalue weighted by molar-refractivity contribution is -0.135. The number of ether oxygens (including phenoxy) is 3. The van der Waals surface area contributed by atoms with Crippen LogP contribution in [0.15, 0.2) is 42.5 Å². The van der Waals surface area contributed by atoms with Crippen molar-refractivity contribution in [3.63, 3.8) is 0 Å². The van der Waals surface area contributed by atoms with Crippen LogP contribution in [0, 0.1) is 5.41 Å². The Hall–Kier alpha value is -3.22. The van der Waals surface area contributed by atoms with E-state index in [0.29, 0.717) is 28.6 Å². The zero-order valence-electron chi connectivity index (χ0n) is 16.4. The fourth-order valence-electron chi connectivity index (χ4n) is 2.54. The Bertz CT molecular complexity index is 875. The second kappa shape index (κ2) is 7.80. The van der Waals surface area contributed by atoms with Crippen LogP contribution in [0.25, 0.3) is 0 Å². The van der Waals surface area contributed by atoms with Gasteiger partial charge in [-0.1, -0.05) is 0 Å². The molecule has 148 valence electrons. The molecule has 0 bridgehead atoms. The van der Waals surface area contributed by atoms with Crippen molar-refractivity contribution in [2.45, 2.75) is 33.8 Å². The highest BCUT2D eigenvalue weighted by molar-refractivity contribution is 6.14. The summed E-state index contributed by atoms with van der Waals surface area (Å²) < 4.78 is 16.1. The molecule has 1 aliphatic heterocycles. The molecule has 7 heteroatoms. The summed E-state index contributed by atoms with van der Waals surface area (Å²) in [6, 6.07) is 12.1. The molecular formula is C21H24N2O5. The quantitative estimate of drug-likeness (QED) is 0.740. The van der Waals surface area contributed by atoms with E-state index in [2.05, 4.69) is 10.6 Å². The van der Waals surface area contributed by atoms with Gasteiger partial charge in [0.2, 0.25) is 18.6 Å². The molecule has 0 saturated heterocycles. The van der Waals surface area contributed by atoms with Crippen LogP contribution in [0.3, 0.4) is 0 Å². The summed E-state index contributed by atoms with van der Waals surface area (Å²) >= 11 is 0. The molecule has 7 nitrogen and oxygen atoms in total. The van der Waals surface area contributed by atoms with Gasteiger partial charge in [-0.05, 0) is 64.1 Å². The van der Waals surface area contributed by atoms with E-state index in [-0.39, 0.29) is 12.9 Å². The summed E-state index contributed by atoms with van der Waals surface area (Å²) in [7, 11) is 0. The monoisotopic (exact) mass is 384 g/mol. The number of hydrogen-bond donors (Lipinski definition) is 2. The minimum Gasteiger partial charge on any atom is -0.491 e. The fourth-order valence-corrected chi connectivity index (χ4v) is 2.54. The van der Waals surface area contributed by atoms with Crippen LogP contribution >= 0.6 is 0 Å². The highest BCUT2D eigenvalue weighted by Gasteiger charge is 2.36. The molecule has 2 aromatic carbocycles. The highest BCUT2D eigenvalue weighted by atomic mass is 16.7. The first-order valence-corrected chi connectivity index (χ1v) is 9.05. The number of fused-ring (bicyclic) bond motifs is 1. The van der Waals surface area contributed by atoms with E-state index in [4.69, 9.17) is 14.2 Å². The molecule has 0 aromatic heterocycles. The third kappa shape index (κ3) is 4.36. The molecule has 2 N–H and O–H groups in total. The molecule has 3 rings (SSSR count). The van der Waals surface area contributed by atoms with E-state index in [0.717, 1.165) is 0 Å². The van der Waals surface area contributed by atoms with Crippen molar-refractivity contribution in [2.24, 2.45) is 5.41 Å². The summed E-state index contributed by atoms with van der Waals surface area (Å²) in [4.78, 5) is 25.3. The van der Waals surface area contributed by atoms with Crippen LogP contribution in [0.5, 0.6) is 17.2 Å². The van der Waals surface area contributed by atoms with Crippen molar-refractivity contribution in [1.82, 2.24) is 0 Å².